The Kier molecular flexibility index (Phi) is 6.02. The van der Waals surface area contributed by atoms with Crippen LogP contribution in [0.15, 0.2) is 48.5 Å². The number of aryl methyl sites for hydroxylation is 1. The SMILES string of the molecule is O=C(Nc1ccc(Cl)cc1)N(Cc1nnc2n1CCCCC2)c1ccc(Cl)cc1. The summed E-state index contributed by atoms with van der Waals surface area (Å²) in [5.41, 5.74) is 1.39. The molecule has 2 amide bonds. The number of anilines is 2. The number of urea groups is 1. The van der Waals surface area contributed by atoms with E-state index >= 15 is 0 Å². The van der Waals surface area contributed by atoms with E-state index in [0.717, 1.165) is 43.1 Å². The van der Waals surface area contributed by atoms with Crippen LogP contribution in [-0.2, 0) is 19.5 Å². The normalized spacial score (nSPS) is 13.4. The number of carbonyl (C=O) groups is 1. The molecule has 0 radical (unpaired) electrons. The lowest BCUT2D eigenvalue weighted by molar-refractivity contribution is 0.256. The van der Waals surface area contributed by atoms with Crippen molar-refractivity contribution in [2.75, 3.05) is 10.2 Å². The summed E-state index contributed by atoms with van der Waals surface area (Å²) in [7, 11) is 0. The Labute approximate surface area is 179 Å². The maximum atomic E-state index is 13.1. The van der Waals surface area contributed by atoms with E-state index in [4.69, 9.17) is 23.2 Å². The maximum Gasteiger partial charge on any atom is 0.326 e. The van der Waals surface area contributed by atoms with E-state index in [1.165, 1.54) is 6.42 Å². The van der Waals surface area contributed by atoms with Crippen molar-refractivity contribution in [1.29, 1.82) is 0 Å². The molecule has 3 aromatic rings. The fourth-order valence-electron chi connectivity index (χ4n) is 3.43. The van der Waals surface area contributed by atoms with E-state index in [1.54, 1.807) is 41.3 Å². The number of amides is 2. The zero-order valence-electron chi connectivity index (χ0n) is 15.8. The van der Waals surface area contributed by atoms with Crippen LogP contribution in [0.1, 0.15) is 30.9 Å². The average molecular weight is 430 g/mol. The van der Waals surface area contributed by atoms with Crippen LogP contribution < -0.4 is 10.2 Å². The number of carbonyl (C=O) groups excluding carboxylic acids is 1. The fourth-order valence-corrected chi connectivity index (χ4v) is 3.68. The zero-order chi connectivity index (χ0) is 20.2. The Morgan fingerprint density at radius 1 is 0.966 bits per heavy atom. The van der Waals surface area contributed by atoms with Gasteiger partial charge in [0, 0.05) is 34.4 Å². The van der Waals surface area contributed by atoms with Crippen LogP contribution in [0.3, 0.4) is 0 Å². The van der Waals surface area contributed by atoms with Crippen LogP contribution in [0.25, 0.3) is 0 Å². The maximum absolute atomic E-state index is 13.1. The first-order valence-electron chi connectivity index (χ1n) is 9.61. The van der Waals surface area contributed by atoms with E-state index in [1.807, 2.05) is 12.1 Å². The predicted molar refractivity (Wildman–Crippen MR) is 116 cm³/mol. The summed E-state index contributed by atoms with van der Waals surface area (Å²) in [6.45, 7) is 1.19. The summed E-state index contributed by atoms with van der Waals surface area (Å²) in [5.74, 6) is 1.77. The molecule has 0 unspecified atom stereocenters. The minimum absolute atomic E-state index is 0.263. The van der Waals surface area contributed by atoms with Crippen LogP contribution in [0.2, 0.25) is 10.0 Å². The van der Waals surface area contributed by atoms with Gasteiger partial charge < -0.3 is 9.88 Å². The monoisotopic (exact) mass is 429 g/mol. The molecule has 29 heavy (non-hydrogen) atoms. The molecule has 6 nitrogen and oxygen atoms in total. The number of hydrogen-bond donors (Lipinski definition) is 1. The second-order valence-electron chi connectivity index (χ2n) is 6.99. The summed E-state index contributed by atoms with van der Waals surface area (Å²) < 4.78 is 2.14. The Balaban J connectivity index is 1.62. The molecule has 8 heteroatoms. The van der Waals surface area contributed by atoms with Gasteiger partial charge in [-0.25, -0.2) is 4.79 Å². The minimum Gasteiger partial charge on any atom is -0.313 e. The Morgan fingerprint density at radius 3 is 2.38 bits per heavy atom. The summed E-state index contributed by atoms with van der Waals surface area (Å²) in [5, 5.41) is 12.9. The first-order valence-corrected chi connectivity index (χ1v) is 10.4. The topological polar surface area (TPSA) is 63.1 Å². The number of nitrogens with zero attached hydrogens (tertiary/aromatic N) is 4. The third-order valence-corrected chi connectivity index (χ3v) is 5.47. The fraction of sp³-hybridized carbons (Fsp3) is 0.286. The molecule has 0 fully saturated rings. The number of halogens is 2. The van der Waals surface area contributed by atoms with E-state index in [-0.39, 0.29) is 6.03 Å². The molecule has 1 N–H and O–H groups in total. The molecule has 0 spiro atoms. The quantitative estimate of drug-likeness (QED) is 0.590. The highest BCUT2D eigenvalue weighted by molar-refractivity contribution is 6.31. The third-order valence-electron chi connectivity index (χ3n) is 4.96. The summed E-state index contributed by atoms with van der Waals surface area (Å²) in [4.78, 5) is 14.8. The molecular formula is C21H21Cl2N5O. The summed E-state index contributed by atoms with van der Waals surface area (Å²) in [6, 6.07) is 13.9. The van der Waals surface area contributed by atoms with Gasteiger partial charge in [0.1, 0.15) is 5.82 Å². The van der Waals surface area contributed by atoms with Crippen molar-refractivity contribution in [2.24, 2.45) is 0 Å². The minimum atomic E-state index is -0.263. The molecule has 4 rings (SSSR count). The highest BCUT2D eigenvalue weighted by Crippen LogP contribution is 2.23. The number of rotatable bonds is 4. The van der Waals surface area contributed by atoms with Crippen molar-refractivity contribution in [3.05, 3.63) is 70.2 Å². The standard InChI is InChI=1S/C21H21Cl2N5O/c22-15-5-9-17(10-6-15)24-21(29)28(18-11-7-16(23)8-12-18)14-20-26-25-19-4-2-1-3-13-27(19)20/h5-12H,1-4,13-14H2,(H,24,29). The zero-order valence-corrected chi connectivity index (χ0v) is 17.3. The largest absolute Gasteiger partial charge is 0.326 e. The smallest absolute Gasteiger partial charge is 0.313 e. The lowest BCUT2D eigenvalue weighted by Crippen LogP contribution is -2.35. The van der Waals surface area contributed by atoms with Gasteiger partial charge in [-0.3, -0.25) is 4.90 Å². The van der Waals surface area contributed by atoms with Crippen molar-refractivity contribution >= 4 is 40.6 Å². The molecule has 150 valence electrons. The Morgan fingerprint density at radius 2 is 1.66 bits per heavy atom. The molecule has 0 bridgehead atoms. The lowest BCUT2D eigenvalue weighted by Gasteiger charge is -2.23. The van der Waals surface area contributed by atoms with Crippen molar-refractivity contribution in [2.45, 2.75) is 38.8 Å². The van der Waals surface area contributed by atoms with Crippen LogP contribution in [0.4, 0.5) is 16.2 Å². The number of nitrogens with one attached hydrogen (secondary N) is 1. The molecule has 0 atom stereocenters. The van der Waals surface area contributed by atoms with Gasteiger partial charge in [-0.2, -0.15) is 0 Å². The number of benzene rings is 2. The molecule has 2 aromatic carbocycles. The molecule has 0 saturated heterocycles. The predicted octanol–water partition coefficient (Wildman–Crippen LogP) is 5.55. The number of fused-ring (bicyclic) bond motifs is 1. The van der Waals surface area contributed by atoms with Crippen LogP contribution in [0, 0.1) is 0 Å². The molecule has 0 aliphatic carbocycles. The van der Waals surface area contributed by atoms with Gasteiger partial charge in [-0.1, -0.05) is 29.6 Å². The van der Waals surface area contributed by atoms with Crippen LogP contribution in [0.5, 0.6) is 0 Å². The second-order valence-corrected chi connectivity index (χ2v) is 7.87. The van der Waals surface area contributed by atoms with E-state index < -0.39 is 0 Å². The van der Waals surface area contributed by atoms with Crippen molar-refractivity contribution in [3.63, 3.8) is 0 Å². The first kappa shape index (κ1) is 19.7. The molecule has 1 aromatic heterocycles. The van der Waals surface area contributed by atoms with Gasteiger partial charge in [0.15, 0.2) is 5.82 Å². The van der Waals surface area contributed by atoms with Gasteiger partial charge in [-0.05, 0) is 61.4 Å². The second kappa shape index (κ2) is 8.84. The Bertz CT molecular complexity index is 985. The number of hydrogen-bond acceptors (Lipinski definition) is 3. The average Bonchev–Trinajstić information content (AvgIpc) is 2.94. The molecule has 0 saturated carbocycles. The van der Waals surface area contributed by atoms with Gasteiger partial charge >= 0.3 is 6.03 Å². The van der Waals surface area contributed by atoms with Crippen molar-refractivity contribution in [1.82, 2.24) is 14.8 Å². The number of aromatic nitrogens is 3. The van der Waals surface area contributed by atoms with E-state index in [9.17, 15) is 4.79 Å². The van der Waals surface area contributed by atoms with E-state index in [0.29, 0.717) is 22.3 Å². The Hall–Kier alpha value is -2.57. The van der Waals surface area contributed by atoms with E-state index in [2.05, 4.69) is 20.1 Å². The highest BCUT2D eigenvalue weighted by Gasteiger charge is 2.22. The molecular weight excluding hydrogens is 409 g/mol. The van der Waals surface area contributed by atoms with Gasteiger partial charge in [0.05, 0.1) is 6.54 Å². The highest BCUT2D eigenvalue weighted by atomic mass is 35.5. The third kappa shape index (κ3) is 4.71. The lowest BCUT2D eigenvalue weighted by atomic mass is 10.2. The van der Waals surface area contributed by atoms with Crippen molar-refractivity contribution in [3.8, 4) is 0 Å². The summed E-state index contributed by atoms with van der Waals surface area (Å²) in [6.07, 6.45) is 4.32. The van der Waals surface area contributed by atoms with Gasteiger partial charge in [-0.15, -0.1) is 10.2 Å². The van der Waals surface area contributed by atoms with Crippen LogP contribution in [-0.4, -0.2) is 20.8 Å². The summed E-state index contributed by atoms with van der Waals surface area (Å²) >= 11 is 12.0. The molecule has 2 heterocycles. The van der Waals surface area contributed by atoms with Gasteiger partial charge in [0.2, 0.25) is 0 Å². The van der Waals surface area contributed by atoms with Crippen LogP contribution >= 0.6 is 23.2 Å². The molecule has 1 aliphatic rings. The van der Waals surface area contributed by atoms with Gasteiger partial charge in [0.25, 0.3) is 0 Å². The molecule has 1 aliphatic heterocycles. The first-order chi connectivity index (χ1) is 14.1. The van der Waals surface area contributed by atoms with Crippen molar-refractivity contribution < 1.29 is 4.79 Å².